The van der Waals surface area contributed by atoms with Crippen LogP contribution < -0.4 is 5.73 Å². The van der Waals surface area contributed by atoms with Crippen LogP contribution in [0.15, 0.2) is 0 Å². The van der Waals surface area contributed by atoms with Gasteiger partial charge in [0.05, 0.1) is 5.69 Å². The highest BCUT2D eigenvalue weighted by atomic mass is 32.1. The van der Waals surface area contributed by atoms with Crippen LogP contribution in [-0.4, -0.2) is 11.6 Å². The first-order chi connectivity index (χ1) is 7.03. The number of ether oxygens (including phenoxy) is 1. The van der Waals surface area contributed by atoms with Crippen molar-refractivity contribution in [1.29, 1.82) is 0 Å². The van der Waals surface area contributed by atoms with E-state index in [4.69, 9.17) is 10.5 Å². The Morgan fingerprint density at radius 1 is 1.60 bits per heavy atom. The molecule has 2 N–H and O–H groups in total. The summed E-state index contributed by atoms with van der Waals surface area (Å²) >= 11 is 1.70. The van der Waals surface area contributed by atoms with E-state index in [1.807, 2.05) is 13.8 Å². The van der Waals surface area contributed by atoms with E-state index in [2.05, 4.69) is 11.9 Å². The summed E-state index contributed by atoms with van der Waals surface area (Å²) in [7, 11) is 0. The lowest BCUT2D eigenvalue weighted by molar-refractivity contribution is 0.0166. The van der Waals surface area contributed by atoms with E-state index in [1.165, 1.54) is 4.88 Å². The first-order valence-corrected chi connectivity index (χ1v) is 6.22. The largest absolute Gasteiger partial charge is 0.368 e. The van der Waals surface area contributed by atoms with Crippen molar-refractivity contribution in [2.75, 3.05) is 6.61 Å². The minimum atomic E-state index is -0.164. The third kappa shape index (κ3) is 1.94. The Bertz CT molecular complexity index is 353. The predicted molar refractivity (Wildman–Crippen MR) is 62.0 cm³/mol. The number of nitrogens with two attached hydrogens (primary N) is 1. The normalized spacial score (nSPS) is 28.3. The Morgan fingerprint density at radius 3 is 2.80 bits per heavy atom. The van der Waals surface area contributed by atoms with Gasteiger partial charge in [-0.15, -0.1) is 11.3 Å². The Labute approximate surface area is 94.7 Å². The molecule has 15 heavy (non-hydrogen) atoms. The van der Waals surface area contributed by atoms with Crippen LogP contribution in [0.4, 0.5) is 0 Å². The SMILES string of the molecule is Cc1nc(C2(C)CCCO2)sc1C(C)N. The van der Waals surface area contributed by atoms with Crippen LogP contribution in [0.5, 0.6) is 0 Å². The fraction of sp³-hybridized carbons (Fsp3) is 0.727. The number of hydrogen-bond donors (Lipinski definition) is 1. The first-order valence-electron chi connectivity index (χ1n) is 5.40. The molecule has 0 aromatic carbocycles. The molecule has 0 aliphatic carbocycles. The first kappa shape index (κ1) is 11.0. The summed E-state index contributed by atoms with van der Waals surface area (Å²) in [6.45, 7) is 7.00. The van der Waals surface area contributed by atoms with Crippen LogP contribution in [0.3, 0.4) is 0 Å². The number of hydrogen-bond acceptors (Lipinski definition) is 4. The van der Waals surface area contributed by atoms with Crippen molar-refractivity contribution in [1.82, 2.24) is 4.98 Å². The monoisotopic (exact) mass is 226 g/mol. The Morgan fingerprint density at radius 2 is 2.33 bits per heavy atom. The molecule has 1 aromatic rings. The van der Waals surface area contributed by atoms with Crippen LogP contribution in [-0.2, 0) is 10.3 Å². The van der Waals surface area contributed by atoms with Crippen molar-refractivity contribution in [3.8, 4) is 0 Å². The third-order valence-corrected chi connectivity index (χ3v) is 4.52. The summed E-state index contributed by atoms with van der Waals surface area (Å²) in [6, 6.07) is 0.0706. The Hall–Kier alpha value is -0.450. The molecule has 2 rings (SSSR count). The van der Waals surface area contributed by atoms with Gasteiger partial charge in [0.2, 0.25) is 0 Å². The van der Waals surface area contributed by atoms with Gasteiger partial charge in [-0.3, -0.25) is 0 Å². The minimum Gasteiger partial charge on any atom is -0.368 e. The zero-order chi connectivity index (χ0) is 11.1. The van der Waals surface area contributed by atoms with Gasteiger partial charge in [0, 0.05) is 17.5 Å². The molecule has 0 bridgehead atoms. The van der Waals surface area contributed by atoms with Gasteiger partial charge in [-0.05, 0) is 33.6 Å². The van der Waals surface area contributed by atoms with Crippen LogP contribution in [0, 0.1) is 6.92 Å². The topological polar surface area (TPSA) is 48.1 Å². The predicted octanol–water partition coefficient (Wildman–Crippen LogP) is 2.50. The lowest BCUT2D eigenvalue weighted by atomic mass is 10.0. The zero-order valence-electron chi connectivity index (χ0n) is 9.54. The maximum absolute atomic E-state index is 5.90. The molecular formula is C11H18N2OS. The fourth-order valence-corrected chi connectivity index (χ4v) is 3.15. The van der Waals surface area contributed by atoms with Gasteiger partial charge < -0.3 is 10.5 Å². The molecule has 3 nitrogen and oxygen atoms in total. The van der Waals surface area contributed by atoms with Crippen LogP contribution in [0.2, 0.25) is 0 Å². The molecule has 0 spiro atoms. The van der Waals surface area contributed by atoms with Gasteiger partial charge in [-0.25, -0.2) is 4.98 Å². The molecule has 0 saturated carbocycles. The molecule has 1 aliphatic heterocycles. The molecule has 1 fully saturated rings. The standard InChI is InChI=1S/C11H18N2OS/c1-7(12)9-8(2)13-10(15-9)11(3)5-4-6-14-11/h7H,4-6,12H2,1-3H3. The highest BCUT2D eigenvalue weighted by molar-refractivity contribution is 7.12. The smallest absolute Gasteiger partial charge is 0.125 e. The molecule has 4 heteroatoms. The zero-order valence-corrected chi connectivity index (χ0v) is 10.4. The number of nitrogens with zero attached hydrogens (tertiary/aromatic N) is 1. The van der Waals surface area contributed by atoms with Crippen molar-refractivity contribution in [2.24, 2.45) is 5.73 Å². The van der Waals surface area contributed by atoms with Gasteiger partial charge >= 0.3 is 0 Å². The van der Waals surface area contributed by atoms with Gasteiger partial charge in [0.25, 0.3) is 0 Å². The van der Waals surface area contributed by atoms with Crippen molar-refractivity contribution in [3.05, 3.63) is 15.6 Å². The second kappa shape index (κ2) is 3.85. The maximum atomic E-state index is 5.90. The van der Waals surface area contributed by atoms with Crippen molar-refractivity contribution >= 4 is 11.3 Å². The van der Waals surface area contributed by atoms with Crippen molar-refractivity contribution < 1.29 is 4.74 Å². The Balaban J connectivity index is 2.33. The van der Waals surface area contributed by atoms with E-state index in [-0.39, 0.29) is 11.6 Å². The third-order valence-electron chi connectivity index (χ3n) is 2.92. The summed E-state index contributed by atoms with van der Waals surface area (Å²) in [5, 5.41) is 1.09. The van der Waals surface area contributed by atoms with Gasteiger partial charge in [-0.2, -0.15) is 0 Å². The fourth-order valence-electron chi connectivity index (χ4n) is 2.00. The number of rotatable bonds is 2. The Kier molecular flexibility index (Phi) is 2.83. The highest BCUT2D eigenvalue weighted by Crippen LogP contribution is 2.39. The molecule has 84 valence electrons. The van der Waals surface area contributed by atoms with E-state index in [9.17, 15) is 0 Å². The minimum absolute atomic E-state index is 0.0706. The molecule has 2 heterocycles. The van der Waals surface area contributed by atoms with Crippen molar-refractivity contribution in [3.63, 3.8) is 0 Å². The van der Waals surface area contributed by atoms with E-state index >= 15 is 0 Å². The maximum Gasteiger partial charge on any atom is 0.125 e. The van der Waals surface area contributed by atoms with Gasteiger partial charge in [0.1, 0.15) is 10.6 Å². The molecule has 2 atom stereocenters. The molecule has 0 radical (unpaired) electrons. The molecule has 1 aromatic heterocycles. The molecule has 2 unspecified atom stereocenters. The van der Waals surface area contributed by atoms with Gasteiger partial charge in [0.15, 0.2) is 0 Å². The van der Waals surface area contributed by atoms with Crippen LogP contribution in [0.25, 0.3) is 0 Å². The lowest BCUT2D eigenvalue weighted by Crippen LogP contribution is -2.19. The van der Waals surface area contributed by atoms with Crippen molar-refractivity contribution in [2.45, 2.75) is 45.3 Å². The van der Waals surface area contributed by atoms with E-state index < -0.39 is 0 Å². The summed E-state index contributed by atoms with van der Waals surface area (Å²) in [6.07, 6.45) is 2.20. The number of thiazole rings is 1. The molecular weight excluding hydrogens is 208 g/mol. The second-order valence-electron chi connectivity index (χ2n) is 4.44. The molecule has 1 aliphatic rings. The van der Waals surface area contributed by atoms with Crippen LogP contribution in [0.1, 0.15) is 48.3 Å². The van der Waals surface area contributed by atoms with Gasteiger partial charge in [-0.1, -0.05) is 0 Å². The summed E-state index contributed by atoms with van der Waals surface area (Å²) in [5.41, 5.74) is 6.79. The summed E-state index contributed by atoms with van der Waals surface area (Å²) < 4.78 is 5.78. The average Bonchev–Trinajstić information content (AvgIpc) is 2.72. The lowest BCUT2D eigenvalue weighted by Gasteiger charge is -2.19. The van der Waals surface area contributed by atoms with Crippen LogP contribution >= 0.6 is 11.3 Å². The number of aromatic nitrogens is 1. The van der Waals surface area contributed by atoms with E-state index in [1.54, 1.807) is 11.3 Å². The van der Waals surface area contributed by atoms with E-state index in [0.29, 0.717) is 0 Å². The highest BCUT2D eigenvalue weighted by Gasteiger charge is 2.35. The number of aryl methyl sites for hydroxylation is 1. The average molecular weight is 226 g/mol. The second-order valence-corrected chi connectivity index (χ2v) is 5.47. The molecule has 0 amide bonds. The summed E-state index contributed by atoms with van der Waals surface area (Å²) in [4.78, 5) is 5.78. The summed E-state index contributed by atoms with van der Waals surface area (Å²) in [5.74, 6) is 0. The van der Waals surface area contributed by atoms with E-state index in [0.717, 1.165) is 30.2 Å². The molecule has 1 saturated heterocycles. The quantitative estimate of drug-likeness (QED) is 0.843.